The summed E-state index contributed by atoms with van der Waals surface area (Å²) in [6.45, 7) is 4.26. The highest BCUT2D eigenvalue weighted by Gasteiger charge is 2.09. The molecular weight excluding hydrogens is 250 g/mol. The van der Waals surface area contributed by atoms with Crippen LogP contribution >= 0.6 is 0 Å². The highest BCUT2D eigenvalue weighted by Crippen LogP contribution is 2.10. The maximum atomic E-state index is 12.0. The number of aryl methyl sites for hydroxylation is 1. The Morgan fingerprint density at radius 1 is 1.30 bits per heavy atom. The van der Waals surface area contributed by atoms with Gasteiger partial charge in [-0.05, 0) is 43.5 Å². The molecule has 4 heteroatoms. The Bertz CT molecular complexity index is 548. The molecule has 0 aliphatic carbocycles. The van der Waals surface area contributed by atoms with E-state index in [1.165, 1.54) is 0 Å². The molecular formula is C16H21N3O. The Balaban J connectivity index is 1.84. The average Bonchev–Trinajstić information content (AvgIpc) is 2.94. The zero-order chi connectivity index (χ0) is 14.4. The fourth-order valence-electron chi connectivity index (χ4n) is 2.03. The summed E-state index contributed by atoms with van der Waals surface area (Å²) in [6, 6.07) is 6.22. The fraction of sp³-hybridized carbons (Fsp3) is 0.438. The van der Waals surface area contributed by atoms with Crippen molar-refractivity contribution in [2.75, 3.05) is 0 Å². The van der Waals surface area contributed by atoms with Gasteiger partial charge in [-0.15, -0.1) is 0 Å². The second-order valence-corrected chi connectivity index (χ2v) is 5.12. The lowest BCUT2D eigenvalue weighted by atomic mass is 10.1. The SMILES string of the molecule is CCC(C)n1ccc(CC(=O)CCc2ccncc2)n1. The van der Waals surface area contributed by atoms with Gasteiger partial charge in [0.1, 0.15) is 5.78 Å². The molecule has 2 aromatic heterocycles. The van der Waals surface area contributed by atoms with Crippen molar-refractivity contribution in [3.8, 4) is 0 Å². The monoisotopic (exact) mass is 271 g/mol. The molecule has 2 heterocycles. The zero-order valence-corrected chi connectivity index (χ0v) is 12.1. The van der Waals surface area contributed by atoms with Gasteiger partial charge in [0, 0.05) is 31.1 Å². The van der Waals surface area contributed by atoms with E-state index in [1.807, 2.05) is 29.1 Å². The summed E-state index contributed by atoms with van der Waals surface area (Å²) in [6.07, 6.45) is 8.26. The molecule has 1 atom stereocenters. The van der Waals surface area contributed by atoms with Crippen LogP contribution in [0.3, 0.4) is 0 Å². The van der Waals surface area contributed by atoms with E-state index in [0.717, 1.165) is 24.1 Å². The van der Waals surface area contributed by atoms with Crippen LogP contribution in [-0.2, 0) is 17.6 Å². The van der Waals surface area contributed by atoms with Gasteiger partial charge in [-0.2, -0.15) is 5.10 Å². The third-order valence-corrected chi connectivity index (χ3v) is 3.53. The minimum absolute atomic E-state index is 0.233. The Labute approximate surface area is 119 Å². The normalized spacial score (nSPS) is 12.3. The maximum Gasteiger partial charge on any atom is 0.139 e. The lowest BCUT2D eigenvalue weighted by Crippen LogP contribution is -2.08. The Hall–Kier alpha value is -1.97. The molecule has 106 valence electrons. The lowest BCUT2D eigenvalue weighted by molar-refractivity contribution is -0.118. The van der Waals surface area contributed by atoms with Crippen LogP contribution in [0.2, 0.25) is 0 Å². The summed E-state index contributed by atoms with van der Waals surface area (Å²) in [7, 11) is 0. The van der Waals surface area contributed by atoms with E-state index in [2.05, 4.69) is 23.9 Å². The minimum atomic E-state index is 0.233. The van der Waals surface area contributed by atoms with Gasteiger partial charge in [0.15, 0.2) is 0 Å². The molecule has 4 nitrogen and oxygen atoms in total. The van der Waals surface area contributed by atoms with Gasteiger partial charge in [0.05, 0.1) is 12.1 Å². The van der Waals surface area contributed by atoms with Gasteiger partial charge < -0.3 is 0 Å². The molecule has 2 rings (SSSR count). The zero-order valence-electron chi connectivity index (χ0n) is 12.1. The van der Waals surface area contributed by atoms with Gasteiger partial charge in [-0.3, -0.25) is 14.5 Å². The van der Waals surface area contributed by atoms with E-state index in [-0.39, 0.29) is 5.78 Å². The molecule has 0 N–H and O–H groups in total. The summed E-state index contributed by atoms with van der Waals surface area (Å²) in [5, 5.41) is 4.46. The number of aromatic nitrogens is 3. The van der Waals surface area contributed by atoms with E-state index >= 15 is 0 Å². The third kappa shape index (κ3) is 4.02. The maximum absolute atomic E-state index is 12.0. The van der Waals surface area contributed by atoms with Crippen molar-refractivity contribution >= 4 is 5.78 Å². The number of ketones is 1. The highest BCUT2D eigenvalue weighted by molar-refractivity contribution is 5.80. The molecule has 0 spiro atoms. The van der Waals surface area contributed by atoms with E-state index in [0.29, 0.717) is 18.9 Å². The molecule has 0 aliphatic rings. The molecule has 20 heavy (non-hydrogen) atoms. The summed E-state index contributed by atoms with van der Waals surface area (Å²) in [5.74, 6) is 0.233. The largest absolute Gasteiger partial charge is 0.299 e. The Morgan fingerprint density at radius 3 is 2.75 bits per heavy atom. The van der Waals surface area contributed by atoms with Crippen LogP contribution in [0.4, 0.5) is 0 Å². The van der Waals surface area contributed by atoms with Crippen LogP contribution in [0.15, 0.2) is 36.8 Å². The first-order valence-electron chi connectivity index (χ1n) is 7.13. The summed E-state index contributed by atoms with van der Waals surface area (Å²) in [5.41, 5.74) is 2.02. The fourth-order valence-corrected chi connectivity index (χ4v) is 2.03. The van der Waals surface area contributed by atoms with Gasteiger partial charge in [-0.25, -0.2) is 0 Å². The number of rotatable bonds is 7. The molecule has 0 aliphatic heterocycles. The molecule has 0 amide bonds. The molecule has 2 aromatic rings. The predicted molar refractivity (Wildman–Crippen MR) is 78.5 cm³/mol. The van der Waals surface area contributed by atoms with E-state index < -0.39 is 0 Å². The smallest absolute Gasteiger partial charge is 0.139 e. The van der Waals surface area contributed by atoms with Crippen molar-refractivity contribution in [2.45, 2.75) is 45.6 Å². The van der Waals surface area contributed by atoms with Crippen molar-refractivity contribution in [3.63, 3.8) is 0 Å². The van der Waals surface area contributed by atoms with Crippen LogP contribution in [0.1, 0.15) is 44.0 Å². The summed E-state index contributed by atoms with van der Waals surface area (Å²) in [4.78, 5) is 15.9. The molecule has 0 fully saturated rings. The first-order chi connectivity index (χ1) is 9.69. The number of hydrogen-bond acceptors (Lipinski definition) is 3. The topological polar surface area (TPSA) is 47.8 Å². The van der Waals surface area contributed by atoms with E-state index in [4.69, 9.17) is 0 Å². The van der Waals surface area contributed by atoms with Crippen molar-refractivity contribution < 1.29 is 4.79 Å². The Morgan fingerprint density at radius 2 is 2.05 bits per heavy atom. The second-order valence-electron chi connectivity index (χ2n) is 5.12. The van der Waals surface area contributed by atoms with Gasteiger partial charge >= 0.3 is 0 Å². The van der Waals surface area contributed by atoms with Crippen LogP contribution in [0.25, 0.3) is 0 Å². The lowest BCUT2D eigenvalue weighted by Gasteiger charge is -2.08. The predicted octanol–water partition coefficient (Wildman–Crippen LogP) is 2.99. The molecule has 0 aromatic carbocycles. The first-order valence-corrected chi connectivity index (χ1v) is 7.13. The first kappa shape index (κ1) is 14.4. The molecule has 1 unspecified atom stereocenters. The van der Waals surface area contributed by atoms with Gasteiger partial charge in [0.25, 0.3) is 0 Å². The summed E-state index contributed by atoms with van der Waals surface area (Å²) >= 11 is 0. The second kappa shape index (κ2) is 6.98. The minimum Gasteiger partial charge on any atom is -0.299 e. The van der Waals surface area contributed by atoms with Crippen molar-refractivity contribution in [2.24, 2.45) is 0 Å². The van der Waals surface area contributed by atoms with E-state index in [9.17, 15) is 4.79 Å². The molecule has 0 bridgehead atoms. The van der Waals surface area contributed by atoms with Crippen molar-refractivity contribution in [1.29, 1.82) is 0 Å². The number of Topliss-reactive ketones (excluding diaryl/α,β-unsaturated/α-hetero) is 1. The number of carbonyl (C=O) groups is 1. The van der Waals surface area contributed by atoms with Crippen LogP contribution < -0.4 is 0 Å². The van der Waals surface area contributed by atoms with Crippen molar-refractivity contribution in [1.82, 2.24) is 14.8 Å². The molecule has 0 radical (unpaired) electrons. The van der Waals surface area contributed by atoms with Gasteiger partial charge in [0.2, 0.25) is 0 Å². The van der Waals surface area contributed by atoms with E-state index in [1.54, 1.807) is 12.4 Å². The number of nitrogens with zero attached hydrogens (tertiary/aromatic N) is 3. The molecule has 0 saturated heterocycles. The van der Waals surface area contributed by atoms with Crippen LogP contribution in [0.5, 0.6) is 0 Å². The van der Waals surface area contributed by atoms with Crippen LogP contribution in [-0.4, -0.2) is 20.5 Å². The highest BCUT2D eigenvalue weighted by atomic mass is 16.1. The van der Waals surface area contributed by atoms with Gasteiger partial charge in [-0.1, -0.05) is 6.92 Å². The number of carbonyl (C=O) groups excluding carboxylic acids is 1. The number of pyridine rings is 1. The standard InChI is InChI=1S/C16H21N3O/c1-3-13(2)19-11-8-15(18-19)12-16(20)5-4-14-6-9-17-10-7-14/h6-11,13H,3-5,12H2,1-2H3. The molecule has 0 saturated carbocycles. The summed E-state index contributed by atoms with van der Waals surface area (Å²) < 4.78 is 1.94. The number of hydrogen-bond donors (Lipinski definition) is 0. The van der Waals surface area contributed by atoms with Crippen molar-refractivity contribution in [3.05, 3.63) is 48.0 Å². The van der Waals surface area contributed by atoms with Crippen LogP contribution in [0, 0.1) is 0 Å². The average molecular weight is 271 g/mol. The Kier molecular flexibility index (Phi) is 5.04. The third-order valence-electron chi connectivity index (χ3n) is 3.53. The quantitative estimate of drug-likeness (QED) is 0.777.